The van der Waals surface area contributed by atoms with Crippen LogP contribution in [0.2, 0.25) is 5.02 Å². The Morgan fingerprint density at radius 2 is 1.77 bits per heavy atom. The number of nitrogens with one attached hydrogen (secondary N) is 1. The Morgan fingerprint density at radius 3 is 2.54 bits per heavy atom. The van der Waals surface area contributed by atoms with Crippen molar-refractivity contribution in [2.24, 2.45) is 0 Å². The van der Waals surface area contributed by atoms with Crippen LogP contribution in [0.15, 0.2) is 60.8 Å². The molecule has 5 rings (SSSR count). The smallest absolute Gasteiger partial charge is 0.186 e. The van der Waals surface area contributed by atoms with Crippen molar-refractivity contribution in [3.8, 4) is 16.8 Å². The van der Waals surface area contributed by atoms with E-state index in [4.69, 9.17) is 16.6 Å². The van der Waals surface area contributed by atoms with Crippen molar-refractivity contribution < 1.29 is 0 Å². The SMILES string of the molecule is Cc1[nH]n(-c2ccccc2)c2nc3nncc3c(-c3ccc(Cl)cc3)c12. The van der Waals surface area contributed by atoms with Crippen molar-refractivity contribution in [1.29, 1.82) is 0 Å². The molecule has 0 radical (unpaired) electrons. The summed E-state index contributed by atoms with van der Waals surface area (Å²) in [4.78, 5) is 4.77. The number of para-hydroxylation sites is 1. The van der Waals surface area contributed by atoms with E-state index in [0.717, 1.165) is 38.9 Å². The van der Waals surface area contributed by atoms with Gasteiger partial charge < -0.3 is 0 Å². The molecule has 0 aliphatic carbocycles. The number of hydrogen-bond acceptors (Lipinski definition) is 3. The number of H-pyrrole nitrogens is 1. The maximum absolute atomic E-state index is 6.08. The van der Waals surface area contributed by atoms with Crippen LogP contribution in [-0.4, -0.2) is 25.0 Å². The Morgan fingerprint density at radius 1 is 1.00 bits per heavy atom. The maximum Gasteiger partial charge on any atom is 0.186 e. The van der Waals surface area contributed by atoms with Crippen LogP contribution in [-0.2, 0) is 0 Å². The number of aromatic amines is 1. The van der Waals surface area contributed by atoms with Crippen LogP contribution in [0.4, 0.5) is 0 Å². The quantitative estimate of drug-likeness (QED) is 0.486. The van der Waals surface area contributed by atoms with Gasteiger partial charge in [0.25, 0.3) is 0 Å². The molecule has 3 heterocycles. The second-order valence-corrected chi connectivity index (χ2v) is 6.62. The molecule has 26 heavy (non-hydrogen) atoms. The molecule has 0 saturated heterocycles. The van der Waals surface area contributed by atoms with E-state index in [1.165, 1.54) is 0 Å². The molecule has 1 N–H and O–H groups in total. The fraction of sp³-hybridized carbons (Fsp3) is 0.0500. The molecule has 5 aromatic rings. The zero-order valence-corrected chi connectivity index (χ0v) is 14.7. The van der Waals surface area contributed by atoms with Gasteiger partial charge in [-0.15, -0.1) is 5.10 Å². The minimum atomic E-state index is 0.631. The van der Waals surface area contributed by atoms with Gasteiger partial charge in [-0.05, 0) is 36.8 Å². The van der Waals surface area contributed by atoms with Crippen molar-refractivity contribution in [2.45, 2.75) is 6.92 Å². The van der Waals surface area contributed by atoms with E-state index in [1.807, 2.05) is 59.3 Å². The van der Waals surface area contributed by atoms with Crippen molar-refractivity contribution in [3.05, 3.63) is 71.5 Å². The first kappa shape index (κ1) is 15.1. The lowest BCUT2D eigenvalue weighted by Gasteiger charge is -2.08. The maximum atomic E-state index is 6.08. The highest BCUT2D eigenvalue weighted by Gasteiger charge is 2.19. The second-order valence-electron chi connectivity index (χ2n) is 6.18. The third-order valence-electron chi connectivity index (χ3n) is 4.55. The number of pyridine rings is 1. The molecule has 0 aliphatic heterocycles. The molecule has 0 aliphatic rings. The molecule has 126 valence electrons. The predicted octanol–water partition coefficient (Wildman–Crippen LogP) is 4.93. The lowest BCUT2D eigenvalue weighted by Crippen LogP contribution is -1.98. The Bertz CT molecular complexity index is 1240. The number of hydrogen-bond donors (Lipinski definition) is 1. The van der Waals surface area contributed by atoms with Gasteiger partial charge in [0, 0.05) is 27.1 Å². The topological polar surface area (TPSA) is 59.4 Å². The normalized spacial score (nSPS) is 11.5. The zero-order valence-electron chi connectivity index (χ0n) is 13.9. The molecule has 0 fully saturated rings. The summed E-state index contributed by atoms with van der Waals surface area (Å²) in [5, 5.41) is 14.4. The summed E-state index contributed by atoms with van der Waals surface area (Å²) in [7, 11) is 0. The minimum absolute atomic E-state index is 0.631. The molecule has 3 aromatic heterocycles. The number of aryl methyl sites for hydroxylation is 1. The van der Waals surface area contributed by atoms with Crippen molar-refractivity contribution in [1.82, 2.24) is 25.0 Å². The third-order valence-corrected chi connectivity index (χ3v) is 4.80. The van der Waals surface area contributed by atoms with Gasteiger partial charge in [0.05, 0.1) is 11.9 Å². The largest absolute Gasteiger partial charge is 0.296 e. The first-order chi connectivity index (χ1) is 12.7. The van der Waals surface area contributed by atoms with Gasteiger partial charge in [-0.3, -0.25) is 5.10 Å². The Hall–Kier alpha value is -3.18. The van der Waals surface area contributed by atoms with Crippen molar-refractivity contribution in [2.75, 3.05) is 0 Å². The van der Waals surface area contributed by atoms with Gasteiger partial charge in [0.1, 0.15) is 0 Å². The van der Waals surface area contributed by atoms with Gasteiger partial charge >= 0.3 is 0 Å². The molecule has 0 spiro atoms. The molecule has 0 saturated carbocycles. The summed E-state index contributed by atoms with van der Waals surface area (Å²) in [6.07, 6.45) is 1.77. The number of aromatic nitrogens is 5. The predicted molar refractivity (Wildman–Crippen MR) is 104 cm³/mol. The van der Waals surface area contributed by atoms with Gasteiger partial charge in [-0.2, -0.15) is 5.10 Å². The lowest BCUT2D eigenvalue weighted by atomic mass is 9.99. The van der Waals surface area contributed by atoms with Gasteiger partial charge in [0.2, 0.25) is 0 Å². The third kappa shape index (κ3) is 2.21. The van der Waals surface area contributed by atoms with Crippen LogP contribution in [0.1, 0.15) is 5.69 Å². The van der Waals surface area contributed by atoms with E-state index in [-0.39, 0.29) is 0 Å². The number of nitrogens with zero attached hydrogens (tertiary/aromatic N) is 4. The zero-order chi connectivity index (χ0) is 17.7. The highest BCUT2D eigenvalue weighted by atomic mass is 35.5. The van der Waals surface area contributed by atoms with Crippen LogP contribution < -0.4 is 0 Å². The van der Waals surface area contributed by atoms with Crippen molar-refractivity contribution in [3.63, 3.8) is 0 Å². The average Bonchev–Trinajstić information content (AvgIpc) is 3.26. The van der Waals surface area contributed by atoms with E-state index in [2.05, 4.69) is 22.2 Å². The van der Waals surface area contributed by atoms with Gasteiger partial charge in [-0.1, -0.05) is 41.9 Å². The summed E-state index contributed by atoms with van der Waals surface area (Å²) in [6, 6.07) is 17.9. The molecule has 0 unspecified atom stereocenters. The molecule has 5 nitrogen and oxygen atoms in total. The van der Waals surface area contributed by atoms with E-state index in [9.17, 15) is 0 Å². The van der Waals surface area contributed by atoms with E-state index < -0.39 is 0 Å². The molecule has 2 aromatic carbocycles. The molecular formula is C20H14ClN5. The lowest BCUT2D eigenvalue weighted by molar-refractivity contribution is 0.878. The van der Waals surface area contributed by atoms with Crippen LogP contribution in [0.25, 0.3) is 38.9 Å². The molecular weight excluding hydrogens is 346 g/mol. The highest BCUT2D eigenvalue weighted by molar-refractivity contribution is 6.30. The highest BCUT2D eigenvalue weighted by Crippen LogP contribution is 2.36. The first-order valence-electron chi connectivity index (χ1n) is 8.26. The summed E-state index contributed by atoms with van der Waals surface area (Å²) in [6.45, 7) is 2.05. The fourth-order valence-corrected chi connectivity index (χ4v) is 3.51. The summed E-state index contributed by atoms with van der Waals surface area (Å²) in [5.41, 5.74) is 5.63. The van der Waals surface area contributed by atoms with Crippen LogP contribution >= 0.6 is 11.6 Å². The summed E-state index contributed by atoms with van der Waals surface area (Å²) >= 11 is 6.08. The van der Waals surface area contributed by atoms with E-state index in [1.54, 1.807) is 6.20 Å². The number of rotatable bonds is 2. The van der Waals surface area contributed by atoms with E-state index >= 15 is 0 Å². The number of fused-ring (bicyclic) bond motifs is 2. The Kier molecular flexibility index (Phi) is 3.30. The van der Waals surface area contributed by atoms with Crippen molar-refractivity contribution >= 4 is 33.7 Å². The molecule has 0 bridgehead atoms. The fourth-order valence-electron chi connectivity index (χ4n) is 3.39. The molecule has 6 heteroatoms. The number of benzene rings is 2. The number of halogens is 1. The van der Waals surface area contributed by atoms with Crippen LogP contribution in [0.5, 0.6) is 0 Å². The second kappa shape index (κ2) is 5.68. The summed E-state index contributed by atoms with van der Waals surface area (Å²) in [5.74, 6) is 0. The summed E-state index contributed by atoms with van der Waals surface area (Å²) < 4.78 is 1.98. The molecule has 0 amide bonds. The Balaban J connectivity index is 1.92. The van der Waals surface area contributed by atoms with Gasteiger partial charge in [0.15, 0.2) is 11.3 Å². The Labute approximate surface area is 154 Å². The average molecular weight is 360 g/mol. The van der Waals surface area contributed by atoms with Gasteiger partial charge in [-0.25, -0.2) is 9.67 Å². The first-order valence-corrected chi connectivity index (χ1v) is 8.64. The standard InChI is InChI=1S/C20H14ClN5/c1-12-17-18(13-7-9-14(21)10-8-13)16-11-22-24-19(16)23-20(17)26(25-12)15-5-3-2-4-6-15/h2-11,25H,1H3. The minimum Gasteiger partial charge on any atom is -0.296 e. The van der Waals surface area contributed by atoms with Crippen LogP contribution in [0, 0.1) is 6.92 Å². The van der Waals surface area contributed by atoms with E-state index in [0.29, 0.717) is 10.7 Å². The monoisotopic (exact) mass is 359 g/mol. The molecule has 0 atom stereocenters. The van der Waals surface area contributed by atoms with Crippen LogP contribution in [0.3, 0.4) is 0 Å².